The molecular formula is C14H19NO5S. The first kappa shape index (κ1) is 15.8. The second-order valence-electron chi connectivity index (χ2n) is 4.97. The van der Waals surface area contributed by atoms with E-state index in [9.17, 15) is 13.2 Å². The topological polar surface area (TPSA) is 83.9 Å². The average Bonchev–Trinajstić information content (AvgIpc) is 2.94. The van der Waals surface area contributed by atoms with Crippen LogP contribution in [0.5, 0.6) is 5.75 Å². The largest absolute Gasteiger partial charge is 0.482 e. The van der Waals surface area contributed by atoms with E-state index in [1.807, 2.05) is 6.92 Å². The second kappa shape index (κ2) is 6.44. The summed E-state index contributed by atoms with van der Waals surface area (Å²) in [7, 11) is -3.49. The van der Waals surface area contributed by atoms with E-state index < -0.39 is 22.6 Å². The van der Waals surface area contributed by atoms with E-state index >= 15 is 0 Å². The maximum absolute atomic E-state index is 12.6. The number of carbonyl (C=O) groups is 1. The van der Waals surface area contributed by atoms with E-state index in [4.69, 9.17) is 9.84 Å². The first-order chi connectivity index (χ1) is 9.95. The predicted octanol–water partition coefficient (Wildman–Crippen LogP) is 1.71. The van der Waals surface area contributed by atoms with Crippen molar-refractivity contribution >= 4 is 16.0 Å². The monoisotopic (exact) mass is 313 g/mol. The zero-order chi connectivity index (χ0) is 15.5. The average molecular weight is 313 g/mol. The molecule has 0 aromatic heterocycles. The molecule has 1 unspecified atom stereocenters. The fourth-order valence-electron chi connectivity index (χ4n) is 2.52. The maximum atomic E-state index is 12.6. The number of aliphatic carboxylic acids is 1. The zero-order valence-corrected chi connectivity index (χ0v) is 12.7. The molecule has 0 spiro atoms. The molecule has 0 aliphatic carbocycles. The van der Waals surface area contributed by atoms with E-state index in [1.54, 1.807) is 4.31 Å². The number of benzene rings is 1. The third kappa shape index (κ3) is 3.54. The number of carboxylic acid groups (broad SMARTS) is 1. The highest BCUT2D eigenvalue weighted by Gasteiger charge is 2.34. The summed E-state index contributed by atoms with van der Waals surface area (Å²) in [4.78, 5) is 10.6. The van der Waals surface area contributed by atoms with Crippen molar-refractivity contribution in [2.24, 2.45) is 0 Å². The molecule has 1 N–H and O–H groups in total. The Kier molecular flexibility index (Phi) is 4.84. The van der Waals surface area contributed by atoms with Crippen LogP contribution in [-0.4, -0.2) is 43.0 Å². The molecule has 0 bridgehead atoms. The first-order valence-corrected chi connectivity index (χ1v) is 8.35. The molecule has 0 saturated carbocycles. The van der Waals surface area contributed by atoms with Crippen molar-refractivity contribution < 1.29 is 23.1 Å². The summed E-state index contributed by atoms with van der Waals surface area (Å²) < 4.78 is 31.7. The van der Waals surface area contributed by atoms with Gasteiger partial charge in [-0.15, -0.1) is 0 Å². The number of hydrogen-bond donors (Lipinski definition) is 1. The van der Waals surface area contributed by atoms with Gasteiger partial charge in [0.15, 0.2) is 6.61 Å². The minimum atomic E-state index is -3.49. The molecule has 116 valence electrons. The van der Waals surface area contributed by atoms with Crippen molar-refractivity contribution in [3.63, 3.8) is 0 Å². The van der Waals surface area contributed by atoms with Crippen molar-refractivity contribution in [2.45, 2.75) is 37.1 Å². The molecular weight excluding hydrogens is 294 g/mol. The minimum Gasteiger partial charge on any atom is -0.482 e. The second-order valence-corrected chi connectivity index (χ2v) is 6.86. The van der Waals surface area contributed by atoms with Crippen LogP contribution in [0.1, 0.15) is 26.2 Å². The number of rotatable bonds is 6. The van der Waals surface area contributed by atoms with E-state index in [0.29, 0.717) is 12.3 Å². The maximum Gasteiger partial charge on any atom is 0.341 e. The lowest BCUT2D eigenvalue weighted by Gasteiger charge is -2.23. The van der Waals surface area contributed by atoms with Crippen LogP contribution >= 0.6 is 0 Å². The van der Waals surface area contributed by atoms with Gasteiger partial charge in [0.05, 0.1) is 4.90 Å². The smallest absolute Gasteiger partial charge is 0.341 e. The van der Waals surface area contributed by atoms with Crippen molar-refractivity contribution in [1.29, 1.82) is 0 Å². The van der Waals surface area contributed by atoms with Crippen LogP contribution in [0.3, 0.4) is 0 Å². The number of ether oxygens (including phenoxy) is 1. The lowest BCUT2D eigenvalue weighted by Crippen LogP contribution is -2.35. The fourth-order valence-corrected chi connectivity index (χ4v) is 4.29. The number of hydrogen-bond acceptors (Lipinski definition) is 4. The minimum absolute atomic E-state index is 0.0675. The number of carboxylic acids is 1. The van der Waals surface area contributed by atoms with Crippen LogP contribution in [0.15, 0.2) is 29.2 Å². The summed E-state index contributed by atoms with van der Waals surface area (Å²) in [6.07, 6.45) is 2.59. The van der Waals surface area contributed by atoms with Gasteiger partial charge in [0.1, 0.15) is 5.75 Å². The Morgan fingerprint density at radius 3 is 2.62 bits per heavy atom. The Morgan fingerprint density at radius 2 is 2.05 bits per heavy atom. The van der Waals surface area contributed by atoms with Crippen LogP contribution in [0.4, 0.5) is 0 Å². The van der Waals surface area contributed by atoms with Gasteiger partial charge in [-0.2, -0.15) is 4.31 Å². The first-order valence-electron chi connectivity index (χ1n) is 6.91. The highest BCUT2D eigenvalue weighted by Crippen LogP contribution is 2.28. The molecule has 1 aliphatic rings. The molecule has 1 heterocycles. The lowest BCUT2D eigenvalue weighted by atomic mass is 10.2. The highest BCUT2D eigenvalue weighted by molar-refractivity contribution is 7.89. The molecule has 1 aromatic rings. The molecule has 6 nitrogen and oxygen atoms in total. The molecule has 1 aromatic carbocycles. The Hall–Kier alpha value is -1.60. The fraction of sp³-hybridized carbons (Fsp3) is 0.500. The third-order valence-corrected chi connectivity index (χ3v) is 5.55. The van der Waals surface area contributed by atoms with E-state index in [1.165, 1.54) is 24.3 Å². The number of sulfonamides is 1. The summed E-state index contributed by atoms with van der Waals surface area (Å²) in [5, 5.41) is 8.53. The summed E-state index contributed by atoms with van der Waals surface area (Å²) in [5.41, 5.74) is 0. The molecule has 21 heavy (non-hydrogen) atoms. The molecule has 1 atom stereocenters. The van der Waals surface area contributed by atoms with Gasteiger partial charge in [-0.25, -0.2) is 13.2 Å². The SMILES string of the molecule is CCC1CCCN1S(=O)(=O)c1ccc(OCC(=O)O)cc1. The molecule has 0 amide bonds. The standard InChI is InChI=1S/C14H19NO5S/c1-2-11-4-3-9-15(11)21(18,19)13-7-5-12(6-8-13)20-10-14(16)17/h5-8,11H,2-4,9-10H2,1H3,(H,16,17). The number of nitrogens with zero attached hydrogens (tertiary/aromatic N) is 1. The van der Waals surface area contributed by atoms with Gasteiger partial charge in [0.25, 0.3) is 0 Å². The molecule has 2 rings (SSSR count). The Labute approximate surface area is 124 Å². The van der Waals surface area contributed by atoms with Gasteiger partial charge in [0, 0.05) is 12.6 Å². The van der Waals surface area contributed by atoms with Gasteiger partial charge < -0.3 is 9.84 Å². The van der Waals surface area contributed by atoms with E-state index in [2.05, 4.69) is 0 Å². The van der Waals surface area contributed by atoms with Gasteiger partial charge >= 0.3 is 5.97 Å². The lowest BCUT2D eigenvalue weighted by molar-refractivity contribution is -0.139. The van der Waals surface area contributed by atoms with Crippen LogP contribution in [0.25, 0.3) is 0 Å². The van der Waals surface area contributed by atoms with Crippen molar-refractivity contribution in [3.05, 3.63) is 24.3 Å². The summed E-state index contributed by atoms with van der Waals surface area (Å²) >= 11 is 0. The normalized spacial score (nSPS) is 19.6. The quantitative estimate of drug-likeness (QED) is 0.864. The third-order valence-electron chi connectivity index (χ3n) is 3.59. The van der Waals surface area contributed by atoms with Gasteiger partial charge in [0.2, 0.25) is 10.0 Å². The molecule has 1 fully saturated rings. The van der Waals surface area contributed by atoms with Crippen molar-refractivity contribution in [2.75, 3.05) is 13.2 Å². The Bertz CT molecular complexity index is 596. The van der Waals surface area contributed by atoms with Crippen molar-refractivity contribution in [1.82, 2.24) is 4.31 Å². The molecule has 1 saturated heterocycles. The van der Waals surface area contributed by atoms with E-state index in [0.717, 1.165) is 19.3 Å². The van der Waals surface area contributed by atoms with Crippen LogP contribution < -0.4 is 4.74 Å². The Balaban J connectivity index is 2.15. The summed E-state index contributed by atoms with van der Waals surface area (Å²) in [6, 6.07) is 5.94. The van der Waals surface area contributed by atoms with Gasteiger partial charge in [-0.3, -0.25) is 0 Å². The van der Waals surface area contributed by atoms with E-state index in [-0.39, 0.29) is 10.9 Å². The van der Waals surface area contributed by atoms with Crippen LogP contribution in [-0.2, 0) is 14.8 Å². The van der Waals surface area contributed by atoms with Crippen molar-refractivity contribution in [3.8, 4) is 5.75 Å². The Morgan fingerprint density at radius 1 is 1.38 bits per heavy atom. The van der Waals surface area contributed by atoms with Crippen LogP contribution in [0.2, 0.25) is 0 Å². The zero-order valence-electron chi connectivity index (χ0n) is 11.9. The molecule has 1 aliphatic heterocycles. The molecule has 7 heteroatoms. The summed E-state index contributed by atoms with van der Waals surface area (Å²) in [6.45, 7) is 2.09. The van der Waals surface area contributed by atoms with Gasteiger partial charge in [-0.1, -0.05) is 6.92 Å². The predicted molar refractivity (Wildman–Crippen MR) is 76.8 cm³/mol. The van der Waals surface area contributed by atoms with Gasteiger partial charge in [-0.05, 0) is 43.5 Å². The molecule has 0 radical (unpaired) electrons. The van der Waals surface area contributed by atoms with Crippen LogP contribution in [0, 0.1) is 0 Å². The highest BCUT2D eigenvalue weighted by atomic mass is 32.2. The summed E-state index contributed by atoms with van der Waals surface area (Å²) in [5.74, 6) is -0.737.